The van der Waals surface area contributed by atoms with Crippen LogP contribution in [0.3, 0.4) is 0 Å². The Morgan fingerprint density at radius 3 is 2.08 bits per heavy atom. The van der Waals surface area contributed by atoms with Crippen molar-refractivity contribution in [3.05, 3.63) is 0 Å². The third kappa shape index (κ3) is 3.75. The molecule has 0 radical (unpaired) electrons. The van der Waals surface area contributed by atoms with E-state index in [1.54, 1.807) is 0 Å². The van der Waals surface area contributed by atoms with E-state index in [2.05, 4.69) is 34.6 Å². The largest absolute Gasteiger partial charge is 0.328 e. The minimum atomic E-state index is 0.434. The lowest BCUT2D eigenvalue weighted by Crippen LogP contribution is -2.54. The molecule has 2 nitrogen and oxygen atoms in total. The number of rotatable bonds is 3. The van der Waals surface area contributed by atoms with Gasteiger partial charge in [0.1, 0.15) is 0 Å². The third-order valence-electron chi connectivity index (χ3n) is 9.47. The minimum Gasteiger partial charge on any atom is -0.328 e. The number of hydrogen-bond acceptors (Lipinski definition) is 2. The van der Waals surface area contributed by atoms with Crippen molar-refractivity contribution >= 4 is 0 Å². The van der Waals surface area contributed by atoms with E-state index in [1.807, 2.05) is 0 Å². The molecule has 3 aliphatic rings. The van der Waals surface area contributed by atoms with Gasteiger partial charge in [0.25, 0.3) is 0 Å². The van der Waals surface area contributed by atoms with E-state index in [-0.39, 0.29) is 0 Å². The van der Waals surface area contributed by atoms with Crippen molar-refractivity contribution < 1.29 is 0 Å². The van der Waals surface area contributed by atoms with Crippen LogP contribution in [0.2, 0.25) is 0 Å². The monoisotopic (exact) mass is 362 g/mol. The average Bonchev–Trinajstić information content (AvgIpc) is 2.60. The quantitative estimate of drug-likeness (QED) is 0.687. The molecule has 0 aromatic carbocycles. The molecule has 26 heavy (non-hydrogen) atoms. The molecule has 4 N–H and O–H groups in total. The van der Waals surface area contributed by atoms with Gasteiger partial charge >= 0.3 is 0 Å². The summed E-state index contributed by atoms with van der Waals surface area (Å²) < 4.78 is 0. The Balaban J connectivity index is 1.91. The molecule has 0 heterocycles. The molecule has 3 aliphatic carbocycles. The summed E-state index contributed by atoms with van der Waals surface area (Å²) in [6.45, 7) is 12.7. The van der Waals surface area contributed by atoms with Gasteiger partial charge in [0, 0.05) is 12.1 Å². The molecule has 3 saturated carbocycles. The summed E-state index contributed by atoms with van der Waals surface area (Å²) in [5, 5.41) is 0. The van der Waals surface area contributed by atoms with Crippen molar-refractivity contribution in [1.82, 2.24) is 0 Å². The Hall–Kier alpha value is -0.0800. The van der Waals surface area contributed by atoms with Crippen LogP contribution in [0, 0.1) is 46.8 Å². The van der Waals surface area contributed by atoms with Crippen LogP contribution in [0.5, 0.6) is 0 Å². The maximum absolute atomic E-state index is 6.40. The fraction of sp³-hybridized carbons (Fsp3) is 1.00. The lowest BCUT2D eigenvalue weighted by atomic mass is 9.45. The predicted octanol–water partition coefficient (Wildman–Crippen LogP) is 5.59. The zero-order valence-corrected chi connectivity index (χ0v) is 18.2. The Morgan fingerprint density at radius 2 is 1.50 bits per heavy atom. The van der Waals surface area contributed by atoms with Crippen LogP contribution >= 0.6 is 0 Å². The smallest absolute Gasteiger partial charge is 0.00647 e. The first-order chi connectivity index (χ1) is 12.2. The minimum absolute atomic E-state index is 0.434. The van der Waals surface area contributed by atoms with Crippen molar-refractivity contribution in [3.8, 4) is 0 Å². The van der Waals surface area contributed by atoms with Gasteiger partial charge in [-0.05, 0) is 105 Å². The van der Waals surface area contributed by atoms with Crippen molar-refractivity contribution in [2.45, 2.75) is 104 Å². The van der Waals surface area contributed by atoms with Crippen LogP contribution in [-0.4, -0.2) is 12.1 Å². The summed E-state index contributed by atoms with van der Waals surface area (Å²) in [4.78, 5) is 0. The van der Waals surface area contributed by atoms with E-state index < -0.39 is 0 Å². The molecule has 3 fully saturated rings. The first-order valence-electron chi connectivity index (χ1n) is 11.8. The van der Waals surface area contributed by atoms with Gasteiger partial charge in [-0.25, -0.2) is 0 Å². The standard InChI is InChI=1S/C24H46N2/c1-15(2)21-12-6-17(4)24(5,19-8-10-20(25)11-9-19)23(21)18-7-13-22(26)16(3)14-18/h15-23H,6-14,25-26H2,1-5H3. The van der Waals surface area contributed by atoms with E-state index in [1.165, 1.54) is 57.8 Å². The Labute approximate surface area is 163 Å². The van der Waals surface area contributed by atoms with Crippen molar-refractivity contribution in [2.75, 3.05) is 0 Å². The zero-order valence-electron chi connectivity index (χ0n) is 18.2. The molecule has 152 valence electrons. The SMILES string of the molecule is CC(C)C1CCC(C)C(C)(C2CCC(N)CC2)C1C1CCC(N)C(C)C1. The van der Waals surface area contributed by atoms with Gasteiger partial charge in [0.2, 0.25) is 0 Å². The molecule has 0 aliphatic heterocycles. The highest BCUT2D eigenvalue weighted by molar-refractivity contribution is 5.03. The van der Waals surface area contributed by atoms with Crippen LogP contribution < -0.4 is 11.5 Å². The summed E-state index contributed by atoms with van der Waals surface area (Å²) >= 11 is 0. The van der Waals surface area contributed by atoms with Crippen molar-refractivity contribution in [3.63, 3.8) is 0 Å². The summed E-state index contributed by atoms with van der Waals surface area (Å²) in [5.74, 6) is 5.92. The molecule has 0 spiro atoms. The van der Waals surface area contributed by atoms with Gasteiger partial charge in [-0.15, -0.1) is 0 Å². The summed E-state index contributed by atoms with van der Waals surface area (Å²) in [5.41, 5.74) is 13.2. The highest BCUT2D eigenvalue weighted by atomic mass is 14.7. The predicted molar refractivity (Wildman–Crippen MR) is 113 cm³/mol. The number of nitrogens with two attached hydrogens (primary N) is 2. The Kier molecular flexibility index (Phi) is 6.44. The molecular formula is C24H46N2. The summed E-state index contributed by atoms with van der Waals surface area (Å²) in [6, 6.07) is 0.893. The van der Waals surface area contributed by atoms with E-state index in [0.29, 0.717) is 23.4 Å². The summed E-state index contributed by atoms with van der Waals surface area (Å²) in [7, 11) is 0. The average molecular weight is 363 g/mol. The third-order valence-corrected chi connectivity index (χ3v) is 9.47. The highest BCUT2D eigenvalue weighted by Gasteiger charge is 2.54. The van der Waals surface area contributed by atoms with E-state index in [0.717, 1.165) is 35.5 Å². The summed E-state index contributed by atoms with van der Waals surface area (Å²) in [6.07, 6.45) is 12.1. The zero-order chi connectivity index (χ0) is 19.1. The van der Waals surface area contributed by atoms with Crippen LogP contribution in [-0.2, 0) is 0 Å². The van der Waals surface area contributed by atoms with Gasteiger partial charge in [-0.1, -0.05) is 34.6 Å². The molecule has 0 bridgehead atoms. The van der Waals surface area contributed by atoms with Gasteiger partial charge in [0.15, 0.2) is 0 Å². The topological polar surface area (TPSA) is 52.0 Å². The second-order valence-electron chi connectivity index (χ2n) is 11.1. The first-order valence-corrected chi connectivity index (χ1v) is 11.8. The number of hydrogen-bond donors (Lipinski definition) is 2. The lowest BCUT2D eigenvalue weighted by Gasteiger charge is -2.60. The van der Waals surface area contributed by atoms with Crippen molar-refractivity contribution in [2.24, 2.45) is 58.3 Å². The molecule has 3 rings (SSSR count). The van der Waals surface area contributed by atoms with E-state index >= 15 is 0 Å². The van der Waals surface area contributed by atoms with E-state index in [4.69, 9.17) is 11.5 Å². The molecule has 0 saturated heterocycles. The van der Waals surface area contributed by atoms with Gasteiger partial charge in [-0.3, -0.25) is 0 Å². The molecule has 2 heteroatoms. The van der Waals surface area contributed by atoms with Crippen LogP contribution in [0.15, 0.2) is 0 Å². The molecule has 0 aromatic rings. The second kappa shape index (κ2) is 8.11. The molecular weight excluding hydrogens is 316 g/mol. The lowest BCUT2D eigenvalue weighted by molar-refractivity contribution is -0.107. The molecule has 7 unspecified atom stereocenters. The van der Waals surface area contributed by atoms with Crippen LogP contribution in [0.4, 0.5) is 0 Å². The van der Waals surface area contributed by atoms with Gasteiger partial charge in [-0.2, -0.15) is 0 Å². The fourth-order valence-electron chi connectivity index (χ4n) is 7.53. The van der Waals surface area contributed by atoms with Crippen LogP contribution in [0.25, 0.3) is 0 Å². The van der Waals surface area contributed by atoms with Crippen LogP contribution in [0.1, 0.15) is 92.4 Å². The highest BCUT2D eigenvalue weighted by Crippen LogP contribution is 2.61. The van der Waals surface area contributed by atoms with Gasteiger partial charge in [0.05, 0.1) is 0 Å². The molecule has 7 atom stereocenters. The second-order valence-corrected chi connectivity index (χ2v) is 11.1. The van der Waals surface area contributed by atoms with Gasteiger partial charge < -0.3 is 11.5 Å². The molecule has 0 aromatic heterocycles. The van der Waals surface area contributed by atoms with Crippen molar-refractivity contribution in [1.29, 1.82) is 0 Å². The Morgan fingerprint density at radius 1 is 0.846 bits per heavy atom. The maximum Gasteiger partial charge on any atom is 0.00647 e. The fourth-order valence-corrected chi connectivity index (χ4v) is 7.53. The normalized spacial score (nSPS) is 50.8. The molecule has 0 amide bonds. The Bertz CT molecular complexity index is 453. The first kappa shape index (κ1) is 20.6. The van der Waals surface area contributed by atoms with E-state index in [9.17, 15) is 0 Å². The maximum atomic E-state index is 6.40.